The number of anilines is 1. The van der Waals surface area contributed by atoms with Gasteiger partial charge in [0.1, 0.15) is 5.75 Å². The average Bonchev–Trinajstić information content (AvgIpc) is 2.33. The largest absolute Gasteiger partial charge is 0.492 e. The average molecular weight is 273 g/mol. The predicted octanol–water partition coefficient (Wildman–Crippen LogP) is 2.19. The molecule has 0 saturated carbocycles. The Kier molecular flexibility index (Phi) is 5.74. The summed E-state index contributed by atoms with van der Waals surface area (Å²) in [6.07, 6.45) is 0. The maximum absolute atomic E-state index is 11.7. The lowest BCUT2D eigenvalue weighted by molar-refractivity contribution is 0.202. The second-order valence-electron chi connectivity index (χ2n) is 3.65. The third-order valence-electron chi connectivity index (χ3n) is 2.27. The summed E-state index contributed by atoms with van der Waals surface area (Å²) in [5.41, 5.74) is 0.582. The molecule has 0 fully saturated rings. The van der Waals surface area contributed by atoms with E-state index in [9.17, 15) is 4.79 Å². The fraction of sp³-hybridized carbons (Fsp3) is 0.417. The van der Waals surface area contributed by atoms with E-state index < -0.39 is 0 Å². The summed E-state index contributed by atoms with van der Waals surface area (Å²) in [5.74, 6) is 0.584. The van der Waals surface area contributed by atoms with Gasteiger partial charge < -0.3 is 20.1 Å². The molecule has 0 aliphatic carbocycles. The van der Waals surface area contributed by atoms with Crippen molar-refractivity contribution in [3.05, 3.63) is 23.2 Å². The minimum Gasteiger partial charge on any atom is -0.492 e. The number of likely N-dealkylation sites (N-methyl/N-ethyl adjacent to an activating group) is 1. The lowest BCUT2D eigenvalue weighted by Gasteiger charge is -2.17. The van der Waals surface area contributed by atoms with Crippen molar-refractivity contribution in [1.29, 1.82) is 0 Å². The maximum atomic E-state index is 11.7. The van der Waals surface area contributed by atoms with Crippen molar-refractivity contribution >= 4 is 23.3 Å². The van der Waals surface area contributed by atoms with Gasteiger partial charge in [-0.25, -0.2) is 4.79 Å². The number of halogens is 1. The molecule has 2 amide bonds. The molecule has 0 heterocycles. The van der Waals surface area contributed by atoms with Crippen molar-refractivity contribution < 1.29 is 14.6 Å². The third-order valence-corrected chi connectivity index (χ3v) is 2.56. The van der Waals surface area contributed by atoms with Gasteiger partial charge >= 0.3 is 6.03 Å². The van der Waals surface area contributed by atoms with Gasteiger partial charge in [-0.05, 0) is 25.1 Å². The first kappa shape index (κ1) is 14.6. The van der Waals surface area contributed by atoms with E-state index in [2.05, 4.69) is 5.32 Å². The van der Waals surface area contributed by atoms with Crippen molar-refractivity contribution in [2.24, 2.45) is 0 Å². The molecule has 0 spiro atoms. The molecule has 0 aliphatic rings. The van der Waals surface area contributed by atoms with Gasteiger partial charge in [0.05, 0.1) is 18.2 Å². The van der Waals surface area contributed by atoms with Crippen LogP contribution in [0, 0.1) is 0 Å². The summed E-state index contributed by atoms with van der Waals surface area (Å²) in [5, 5.41) is 11.8. The minimum atomic E-state index is -0.302. The zero-order valence-corrected chi connectivity index (χ0v) is 11.2. The molecule has 2 N–H and O–H groups in total. The van der Waals surface area contributed by atoms with Crippen molar-refractivity contribution in [1.82, 2.24) is 4.90 Å². The normalized spacial score (nSPS) is 10.0. The molecule has 18 heavy (non-hydrogen) atoms. The van der Waals surface area contributed by atoms with Crippen LogP contribution >= 0.6 is 11.6 Å². The van der Waals surface area contributed by atoms with Crippen LogP contribution in [-0.2, 0) is 0 Å². The van der Waals surface area contributed by atoms with Crippen LogP contribution < -0.4 is 10.1 Å². The molecule has 0 radical (unpaired) electrons. The number of aliphatic hydroxyl groups excluding tert-OH is 1. The van der Waals surface area contributed by atoms with Crippen LogP contribution in [0.2, 0.25) is 5.02 Å². The second-order valence-corrected chi connectivity index (χ2v) is 4.06. The number of benzene rings is 1. The lowest BCUT2D eigenvalue weighted by atomic mass is 10.3. The number of amides is 2. The highest BCUT2D eigenvalue weighted by Gasteiger charge is 2.09. The molecule has 0 bridgehead atoms. The summed E-state index contributed by atoms with van der Waals surface area (Å²) >= 11 is 6.00. The number of carbonyl (C=O) groups is 1. The standard InChI is InChI=1S/C12H17ClN2O3/c1-3-18-11-5-4-9(8-10(11)13)14-12(17)15(2)6-7-16/h4-5,8,16H,3,6-7H2,1-2H3,(H,14,17). The topological polar surface area (TPSA) is 61.8 Å². The monoisotopic (exact) mass is 272 g/mol. The Bertz CT molecular complexity index is 412. The molecule has 0 aliphatic heterocycles. The number of ether oxygens (including phenoxy) is 1. The molecular weight excluding hydrogens is 256 g/mol. The number of aliphatic hydroxyl groups is 1. The highest BCUT2D eigenvalue weighted by molar-refractivity contribution is 6.32. The summed E-state index contributed by atoms with van der Waals surface area (Å²) in [4.78, 5) is 13.0. The Labute approximate surface area is 111 Å². The fourth-order valence-corrected chi connectivity index (χ4v) is 1.56. The van der Waals surface area contributed by atoms with Gasteiger partial charge in [-0.1, -0.05) is 11.6 Å². The smallest absolute Gasteiger partial charge is 0.321 e. The fourth-order valence-electron chi connectivity index (χ4n) is 1.32. The number of carbonyl (C=O) groups excluding carboxylic acids is 1. The van der Waals surface area contributed by atoms with Crippen LogP contribution in [0.5, 0.6) is 5.75 Å². The number of nitrogens with one attached hydrogen (secondary N) is 1. The summed E-state index contributed by atoms with van der Waals surface area (Å²) in [6, 6.07) is 4.73. The molecule has 0 unspecified atom stereocenters. The second kappa shape index (κ2) is 7.08. The van der Waals surface area contributed by atoms with E-state index in [1.165, 1.54) is 4.90 Å². The van der Waals surface area contributed by atoms with Crippen molar-refractivity contribution in [2.75, 3.05) is 32.1 Å². The number of nitrogens with zero attached hydrogens (tertiary/aromatic N) is 1. The Morgan fingerprint density at radius 3 is 2.83 bits per heavy atom. The van der Waals surface area contributed by atoms with E-state index in [4.69, 9.17) is 21.4 Å². The van der Waals surface area contributed by atoms with Crippen LogP contribution in [0.15, 0.2) is 18.2 Å². The molecule has 0 aromatic heterocycles. The lowest BCUT2D eigenvalue weighted by Crippen LogP contribution is -2.33. The molecule has 5 nitrogen and oxygen atoms in total. The van der Waals surface area contributed by atoms with Crippen LogP contribution in [0.1, 0.15) is 6.92 Å². The molecule has 6 heteroatoms. The number of hydrogen-bond donors (Lipinski definition) is 2. The zero-order chi connectivity index (χ0) is 13.5. The van der Waals surface area contributed by atoms with Crippen molar-refractivity contribution in [3.63, 3.8) is 0 Å². The van der Waals surface area contributed by atoms with Gasteiger partial charge in [0, 0.05) is 19.3 Å². The molecule has 1 rings (SSSR count). The highest BCUT2D eigenvalue weighted by atomic mass is 35.5. The third kappa shape index (κ3) is 4.09. The minimum absolute atomic E-state index is 0.0754. The van der Waals surface area contributed by atoms with Gasteiger partial charge in [-0.15, -0.1) is 0 Å². The Morgan fingerprint density at radius 2 is 2.28 bits per heavy atom. The van der Waals surface area contributed by atoms with E-state index in [0.717, 1.165) is 0 Å². The SMILES string of the molecule is CCOc1ccc(NC(=O)N(C)CCO)cc1Cl. The Hall–Kier alpha value is -1.46. The quantitative estimate of drug-likeness (QED) is 0.864. The Morgan fingerprint density at radius 1 is 1.56 bits per heavy atom. The molecule has 1 aromatic carbocycles. The van der Waals surface area contributed by atoms with E-state index >= 15 is 0 Å². The first-order valence-corrected chi connectivity index (χ1v) is 6.01. The molecule has 0 saturated heterocycles. The van der Waals surface area contributed by atoms with Crippen LogP contribution in [0.3, 0.4) is 0 Å². The van der Waals surface area contributed by atoms with Crippen LogP contribution in [0.25, 0.3) is 0 Å². The highest BCUT2D eigenvalue weighted by Crippen LogP contribution is 2.27. The van der Waals surface area contributed by atoms with Crippen molar-refractivity contribution in [2.45, 2.75) is 6.92 Å². The summed E-state index contributed by atoms with van der Waals surface area (Å²) < 4.78 is 5.29. The summed E-state index contributed by atoms with van der Waals surface area (Å²) in [6.45, 7) is 2.60. The first-order valence-electron chi connectivity index (χ1n) is 5.63. The first-order chi connectivity index (χ1) is 8.58. The van der Waals surface area contributed by atoms with Crippen molar-refractivity contribution in [3.8, 4) is 5.75 Å². The van der Waals surface area contributed by atoms with Gasteiger partial charge in [0.2, 0.25) is 0 Å². The molecule has 0 atom stereocenters. The van der Waals surface area contributed by atoms with E-state index in [1.807, 2.05) is 6.92 Å². The number of urea groups is 1. The number of rotatable bonds is 5. The Balaban J connectivity index is 2.68. The molecular formula is C12H17ClN2O3. The van der Waals surface area contributed by atoms with E-state index in [-0.39, 0.29) is 19.2 Å². The van der Waals surface area contributed by atoms with E-state index in [0.29, 0.717) is 23.1 Å². The van der Waals surface area contributed by atoms with Gasteiger partial charge in [-0.2, -0.15) is 0 Å². The van der Waals surface area contributed by atoms with Crippen LogP contribution in [0.4, 0.5) is 10.5 Å². The maximum Gasteiger partial charge on any atom is 0.321 e. The van der Waals surface area contributed by atoms with Gasteiger partial charge in [0.25, 0.3) is 0 Å². The number of hydrogen-bond acceptors (Lipinski definition) is 3. The summed E-state index contributed by atoms with van der Waals surface area (Å²) in [7, 11) is 1.60. The molecule has 1 aromatic rings. The predicted molar refractivity (Wildman–Crippen MR) is 71.4 cm³/mol. The zero-order valence-electron chi connectivity index (χ0n) is 10.4. The van der Waals surface area contributed by atoms with Gasteiger partial charge in [-0.3, -0.25) is 0 Å². The molecule has 100 valence electrons. The van der Waals surface area contributed by atoms with E-state index in [1.54, 1.807) is 25.2 Å². The van der Waals surface area contributed by atoms with Crippen LogP contribution in [-0.4, -0.2) is 42.8 Å². The van der Waals surface area contributed by atoms with Gasteiger partial charge in [0.15, 0.2) is 0 Å².